The predicted octanol–water partition coefficient (Wildman–Crippen LogP) is 0.550. The van der Waals surface area contributed by atoms with E-state index >= 15 is 0 Å². The van der Waals surface area contributed by atoms with Gasteiger partial charge in [-0.15, -0.1) is 5.06 Å². The summed E-state index contributed by atoms with van der Waals surface area (Å²) in [6.07, 6.45) is 1.76. The van der Waals surface area contributed by atoms with Crippen molar-refractivity contribution in [3.63, 3.8) is 0 Å². The third kappa shape index (κ3) is 1.76. The molecule has 1 aliphatic heterocycles. The standard InChI is InChI=1S/C6H7NO4S/c1-12-6(10)11-7-4(8)2-3-5(7)9/h2-3H2,1H3. The Morgan fingerprint density at radius 1 is 1.42 bits per heavy atom. The van der Waals surface area contributed by atoms with Crippen LogP contribution in [0, 0.1) is 0 Å². The fourth-order valence-corrected chi connectivity index (χ4v) is 0.919. The molecule has 0 bridgehead atoms. The molecule has 0 saturated carbocycles. The largest absolute Gasteiger partial charge is 0.391 e. The molecule has 0 aromatic rings. The number of hydroxylamine groups is 2. The molecule has 1 heterocycles. The zero-order valence-electron chi connectivity index (χ0n) is 6.40. The summed E-state index contributed by atoms with van der Waals surface area (Å²) in [5, 5.41) is -0.127. The molecule has 0 unspecified atom stereocenters. The number of hydrogen-bond donors (Lipinski definition) is 0. The van der Waals surface area contributed by atoms with Crippen molar-refractivity contribution in [3.05, 3.63) is 0 Å². The molecule has 66 valence electrons. The molecule has 0 radical (unpaired) electrons. The number of carbonyl (C=O) groups excluding carboxylic acids is 3. The lowest BCUT2D eigenvalue weighted by atomic mass is 10.4. The second kappa shape index (κ2) is 3.57. The monoisotopic (exact) mass is 189 g/mol. The minimum atomic E-state index is -0.654. The van der Waals surface area contributed by atoms with Gasteiger partial charge in [-0.2, -0.15) is 0 Å². The summed E-state index contributed by atoms with van der Waals surface area (Å²) in [5.41, 5.74) is 0. The number of thioether (sulfide) groups is 1. The maximum absolute atomic E-state index is 10.9. The molecular formula is C6H7NO4S. The molecule has 2 amide bonds. The third-order valence-electron chi connectivity index (χ3n) is 1.34. The van der Waals surface area contributed by atoms with E-state index in [9.17, 15) is 14.4 Å². The molecule has 1 fully saturated rings. The van der Waals surface area contributed by atoms with Crippen LogP contribution in [0.3, 0.4) is 0 Å². The first kappa shape index (κ1) is 9.05. The van der Waals surface area contributed by atoms with Gasteiger partial charge in [0.1, 0.15) is 0 Å². The fourth-order valence-electron chi connectivity index (χ4n) is 0.770. The van der Waals surface area contributed by atoms with Gasteiger partial charge in [0.2, 0.25) is 0 Å². The minimum Gasteiger partial charge on any atom is -0.319 e. The van der Waals surface area contributed by atoms with Crippen LogP contribution in [0.1, 0.15) is 12.8 Å². The highest BCUT2D eigenvalue weighted by molar-refractivity contribution is 8.12. The molecule has 0 spiro atoms. The summed E-state index contributed by atoms with van der Waals surface area (Å²) in [4.78, 5) is 36.8. The SMILES string of the molecule is CSC(=O)ON1C(=O)CCC1=O. The minimum absolute atomic E-state index is 0.125. The number of imide groups is 1. The van der Waals surface area contributed by atoms with Gasteiger partial charge in [-0.1, -0.05) is 0 Å². The molecule has 1 saturated heterocycles. The average molecular weight is 189 g/mol. The quantitative estimate of drug-likeness (QED) is 0.563. The van der Waals surface area contributed by atoms with E-state index in [0.717, 1.165) is 11.8 Å². The molecule has 0 N–H and O–H groups in total. The van der Waals surface area contributed by atoms with Gasteiger partial charge in [-0.25, -0.2) is 4.79 Å². The van der Waals surface area contributed by atoms with Crippen LogP contribution in [0.4, 0.5) is 4.79 Å². The molecule has 0 aromatic carbocycles. The Bertz CT molecular complexity index is 224. The third-order valence-corrected chi connectivity index (χ3v) is 1.75. The van der Waals surface area contributed by atoms with Gasteiger partial charge in [-0.05, 0) is 18.0 Å². The summed E-state index contributed by atoms with van der Waals surface area (Å²) < 4.78 is 0. The van der Waals surface area contributed by atoms with Crippen LogP contribution in [-0.2, 0) is 14.4 Å². The zero-order valence-corrected chi connectivity index (χ0v) is 7.22. The van der Waals surface area contributed by atoms with E-state index < -0.39 is 17.1 Å². The smallest absolute Gasteiger partial charge is 0.319 e. The first-order valence-corrected chi connectivity index (χ1v) is 4.49. The molecule has 6 heteroatoms. The summed E-state index contributed by atoms with van der Waals surface area (Å²) >= 11 is 0.808. The van der Waals surface area contributed by atoms with Crippen LogP contribution in [-0.4, -0.2) is 28.4 Å². The van der Waals surface area contributed by atoms with Gasteiger partial charge < -0.3 is 4.84 Å². The second-order valence-electron chi connectivity index (χ2n) is 2.13. The summed E-state index contributed by atoms with van der Waals surface area (Å²) in [7, 11) is 0. The van der Waals surface area contributed by atoms with E-state index in [1.54, 1.807) is 0 Å². The molecule has 0 aliphatic carbocycles. The van der Waals surface area contributed by atoms with Gasteiger partial charge in [-0.3, -0.25) is 9.59 Å². The van der Waals surface area contributed by atoms with Crippen molar-refractivity contribution in [1.82, 2.24) is 5.06 Å². The average Bonchev–Trinajstić information content (AvgIpc) is 2.35. The topological polar surface area (TPSA) is 63.7 Å². The summed E-state index contributed by atoms with van der Waals surface area (Å²) in [6.45, 7) is 0. The molecule has 1 rings (SSSR count). The first-order valence-electron chi connectivity index (χ1n) is 3.27. The molecule has 12 heavy (non-hydrogen) atoms. The maximum atomic E-state index is 10.9. The fraction of sp³-hybridized carbons (Fsp3) is 0.500. The van der Waals surface area contributed by atoms with Gasteiger partial charge in [0.15, 0.2) is 0 Å². The van der Waals surface area contributed by atoms with Crippen LogP contribution in [0.25, 0.3) is 0 Å². The lowest BCUT2D eigenvalue weighted by Gasteiger charge is -2.10. The lowest BCUT2D eigenvalue weighted by Crippen LogP contribution is -2.30. The summed E-state index contributed by atoms with van der Waals surface area (Å²) in [5.74, 6) is -0.912. The van der Waals surface area contributed by atoms with Crippen LogP contribution in [0.2, 0.25) is 0 Å². The maximum Gasteiger partial charge on any atom is 0.391 e. The van der Waals surface area contributed by atoms with E-state index in [2.05, 4.69) is 4.84 Å². The molecule has 0 aromatic heterocycles. The Balaban J connectivity index is 2.56. The Labute approximate surface area is 73.0 Å². The van der Waals surface area contributed by atoms with E-state index in [1.807, 2.05) is 0 Å². The molecule has 0 atom stereocenters. The van der Waals surface area contributed by atoms with Crippen LogP contribution < -0.4 is 0 Å². The highest BCUT2D eigenvalue weighted by atomic mass is 32.2. The van der Waals surface area contributed by atoms with Crippen molar-refractivity contribution in [2.45, 2.75) is 12.8 Å². The number of rotatable bonds is 1. The highest BCUT2D eigenvalue weighted by Crippen LogP contribution is 2.14. The van der Waals surface area contributed by atoms with E-state index in [0.29, 0.717) is 5.06 Å². The van der Waals surface area contributed by atoms with E-state index in [4.69, 9.17) is 0 Å². The normalized spacial score (nSPS) is 16.9. The van der Waals surface area contributed by atoms with Gasteiger partial charge >= 0.3 is 5.30 Å². The van der Waals surface area contributed by atoms with Gasteiger partial charge in [0, 0.05) is 12.8 Å². The molecule has 1 aliphatic rings. The van der Waals surface area contributed by atoms with Crippen molar-refractivity contribution >= 4 is 28.9 Å². The Hall–Kier alpha value is -1.04. The molecule has 5 nitrogen and oxygen atoms in total. The Morgan fingerprint density at radius 3 is 2.33 bits per heavy atom. The van der Waals surface area contributed by atoms with Crippen molar-refractivity contribution < 1.29 is 19.2 Å². The van der Waals surface area contributed by atoms with E-state index in [1.165, 1.54) is 6.26 Å². The predicted molar refractivity (Wildman–Crippen MR) is 41.1 cm³/mol. The van der Waals surface area contributed by atoms with E-state index in [-0.39, 0.29) is 12.8 Å². The van der Waals surface area contributed by atoms with Crippen molar-refractivity contribution in [2.24, 2.45) is 0 Å². The lowest BCUT2D eigenvalue weighted by molar-refractivity contribution is -0.169. The van der Waals surface area contributed by atoms with Gasteiger partial charge in [0.05, 0.1) is 0 Å². The number of carbonyl (C=O) groups is 3. The van der Waals surface area contributed by atoms with Gasteiger partial charge in [0.25, 0.3) is 11.8 Å². The molecular weight excluding hydrogens is 182 g/mol. The van der Waals surface area contributed by atoms with Crippen molar-refractivity contribution in [3.8, 4) is 0 Å². The van der Waals surface area contributed by atoms with Crippen LogP contribution >= 0.6 is 11.8 Å². The van der Waals surface area contributed by atoms with Crippen molar-refractivity contribution in [2.75, 3.05) is 6.26 Å². The highest BCUT2D eigenvalue weighted by Gasteiger charge is 2.32. The number of amides is 2. The van der Waals surface area contributed by atoms with Crippen molar-refractivity contribution in [1.29, 1.82) is 0 Å². The van der Waals surface area contributed by atoms with Crippen LogP contribution in [0.15, 0.2) is 0 Å². The number of nitrogens with zero attached hydrogens (tertiary/aromatic N) is 1. The Kier molecular flexibility index (Phi) is 2.69. The summed E-state index contributed by atoms with van der Waals surface area (Å²) in [6, 6.07) is 0. The van der Waals surface area contributed by atoms with Crippen LogP contribution in [0.5, 0.6) is 0 Å². The first-order chi connectivity index (χ1) is 5.65. The number of hydrogen-bond acceptors (Lipinski definition) is 5. The second-order valence-corrected chi connectivity index (χ2v) is 2.87. The zero-order chi connectivity index (χ0) is 9.14. The Morgan fingerprint density at radius 2 is 1.92 bits per heavy atom.